The van der Waals surface area contributed by atoms with Gasteiger partial charge in [-0.3, -0.25) is 4.79 Å². The molecule has 76 valence electrons. The summed E-state index contributed by atoms with van der Waals surface area (Å²) in [6, 6.07) is 6.23. The largest absolute Gasteiger partial charge is 0.299 e. The first kappa shape index (κ1) is 11.0. The lowest BCUT2D eigenvalue weighted by Crippen LogP contribution is -2.26. The zero-order valence-electron chi connectivity index (χ0n) is 9.64. The highest BCUT2D eigenvalue weighted by molar-refractivity contribution is 5.87. The third-order valence-electron chi connectivity index (χ3n) is 3.11. The van der Waals surface area contributed by atoms with E-state index in [2.05, 4.69) is 26.0 Å². The number of hydrogen-bond donors (Lipinski definition) is 0. The van der Waals surface area contributed by atoms with Crippen molar-refractivity contribution in [3.63, 3.8) is 0 Å². The summed E-state index contributed by atoms with van der Waals surface area (Å²) < 4.78 is 0. The van der Waals surface area contributed by atoms with Gasteiger partial charge in [-0.05, 0) is 51.3 Å². The van der Waals surface area contributed by atoms with Crippen LogP contribution in [-0.2, 0) is 10.2 Å². The minimum Gasteiger partial charge on any atom is -0.299 e. The van der Waals surface area contributed by atoms with E-state index >= 15 is 0 Å². The van der Waals surface area contributed by atoms with E-state index < -0.39 is 0 Å². The average molecular weight is 190 g/mol. The van der Waals surface area contributed by atoms with Gasteiger partial charge in [-0.25, -0.2) is 0 Å². The van der Waals surface area contributed by atoms with Gasteiger partial charge in [-0.15, -0.1) is 0 Å². The van der Waals surface area contributed by atoms with Gasteiger partial charge in [-0.2, -0.15) is 0 Å². The van der Waals surface area contributed by atoms with Gasteiger partial charge in [0.2, 0.25) is 0 Å². The molecular weight excluding hydrogens is 172 g/mol. The predicted molar refractivity (Wildman–Crippen MR) is 59.6 cm³/mol. The normalized spacial score (nSPS) is 11.5. The Labute approximate surface area is 86.1 Å². The van der Waals surface area contributed by atoms with E-state index in [0.29, 0.717) is 0 Å². The molecule has 0 saturated heterocycles. The molecule has 1 aromatic rings. The second-order valence-electron chi connectivity index (χ2n) is 4.48. The summed E-state index contributed by atoms with van der Waals surface area (Å²) in [5, 5.41) is 0. The van der Waals surface area contributed by atoms with Crippen molar-refractivity contribution in [2.75, 3.05) is 0 Å². The lowest BCUT2D eigenvalue weighted by Gasteiger charge is -2.22. The van der Waals surface area contributed by atoms with Crippen molar-refractivity contribution >= 4 is 5.78 Å². The fraction of sp³-hybridized carbons (Fsp3) is 0.462. The number of benzene rings is 1. The third kappa shape index (κ3) is 1.87. The Hall–Kier alpha value is -1.11. The second-order valence-corrected chi connectivity index (χ2v) is 4.48. The molecule has 0 aromatic heterocycles. The number of rotatable bonds is 2. The highest BCUT2D eigenvalue weighted by Gasteiger charge is 2.25. The van der Waals surface area contributed by atoms with Crippen molar-refractivity contribution in [2.45, 2.75) is 40.0 Å². The van der Waals surface area contributed by atoms with E-state index in [4.69, 9.17) is 0 Å². The summed E-state index contributed by atoms with van der Waals surface area (Å²) in [6.45, 7) is 9.75. The van der Waals surface area contributed by atoms with E-state index in [1.807, 2.05) is 19.9 Å². The second kappa shape index (κ2) is 3.56. The standard InChI is InChI=1S/C13H18O/c1-9-6-7-12(8-10(9)2)13(4,5)11(3)14/h6-8H,1-5H3. The van der Waals surface area contributed by atoms with Crippen LogP contribution in [0.2, 0.25) is 0 Å². The highest BCUT2D eigenvalue weighted by atomic mass is 16.1. The monoisotopic (exact) mass is 190 g/mol. The SMILES string of the molecule is CC(=O)C(C)(C)c1ccc(C)c(C)c1. The summed E-state index contributed by atoms with van der Waals surface area (Å²) in [6.07, 6.45) is 0. The van der Waals surface area contributed by atoms with Gasteiger partial charge in [0.25, 0.3) is 0 Å². The van der Waals surface area contributed by atoms with E-state index in [-0.39, 0.29) is 11.2 Å². The molecule has 0 unspecified atom stereocenters. The summed E-state index contributed by atoms with van der Waals surface area (Å²) in [5.41, 5.74) is 3.26. The molecule has 1 nitrogen and oxygen atoms in total. The predicted octanol–water partition coefficient (Wildman–Crippen LogP) is 3.17. The molecule has 1 heteroatoms. The number of aryl methyl sites for hydroxylation is 2. The summed E-state index contributed by atoms with van der Waals surface area (Å²) in [4.78, 5) is 11.5. The Morgan fingerprint density at radius 3 is 2.14 bits per heavy atom. The molecule has 0 spiro atoms. The molecule has 0 radical (unpaired) electrons. The molecule has 0 atom stereocenters. The Kier molecular flexibility index (Phi) is 2.79. The summed E-state index contributed by atoms with van der Waals surface area (Å²) in [5.74, 6) is 0.209. The van der Waals surface area contributed by atoms with Crippen LogP contribution < -0.4 is 0 Å². The lowest BCUT2D eigenvalue weighted by molar-refractivity contribution is -0.121. The molecule has 0 heterocycles. The number of carbonyl (C=O) groups excluding carboxylic acids is 1. The summed E-state index contributed by atoms with van der Waals surface area (Å²) in [7, 11) is 0. The quantitative estimate of drug-likeness (QED) is 0.700. The van der Waals surface area contributed by atoms with Gasteiger partial charge < -0.3 is 0 Å². The van der Waals surface area contributed by atoms with Crippen molar-refractivity contribution in [2.24, 2.45) is 0 Å². The van der Waals surface area contributed by atoms with Crippen LogP contribution in [0.15, 0.2) is 18.2 Å². The van der Waals surface area contributed by atoms with Gasteiger partial charge in [0.15, 0.2) is 0 Å². The van der Waals surface area contributed by atoms with Crippen LogP contribution in [0.4, 0.5) is 0 Å². The summed E-state index contributed by atoms with van der Waals surface area (Å²) >= 11 is 0. The molecule has 0 amide bonds. The molecular formula is C13H18O. The molecule has 0 N–H and O–H groups in total. The third-order valence-corrected chi connectivity index (χ3v) is 3.11. The molecule has 0 bridgehead atoms. The molecule has 0 fully saturated rings. The Bertz CT molecular complexity index is 361. The fourth-order valence-electron chi connectivity index (χ4n) is 1.33. The van der Waals surface area contributed by atoms with E-state index in [1.54, 1.807) is 6.92 Å². The first-order valence-corrected chi connectivity index (χ1v) is 4.94. The van der Waals surface area contributed by atoms with Crippen LogP contribution in [0, 0.1) is 13.8 Å². The maximum atomic E-state index is 11.5. The first-order chi connectivity index (χ1) is 6.35. The number of ketones is 1. The van der Waals surface area contributed by atoms with E-state index in [9.17, 15) is 4.79 Å². The minimum absolute atomic E-state index is 0.209. The maximum Gasteiger partial charge on any atom is 0.139 e. The van der Waals surface area contributed by atoms with Crippen LogP contribution in [0.1, 0.15) is 37.5 Å². The minimum atomic E-state index is -0.363. The van der Waals surface area contributed by atoms with E-state index in [0.717, 1.165) is 5.56 Å². The Morgan fingerprint density at radius 1 is 1.14 bits per heavy atom. The Balaban J connectivity index is 3.21. The van der Waals surface area contributed by atoms with Crippen LogP contribution in [-0.4, -0.2) is 5.78 Å². The number of Topliss-reactive ketones (excluding diaryl/α,β-unsaturated/α-hetero) is 1. The van der Waals surface area contributed by atoms with Gasteiger partial charge in [0.1, 0.15) is 5.78 Å². The highest BCUT2D eigenvalue weighted by Crippen LogP contribution is 2.25. The lowest BCUT2D eigenvalue weighted by atomic mass is 9.80. The van der Waals surface area contributed by atoms with Crippen LogP contribution >= 0.6 is 0 Å². The number of carbonyl (C=O) groups is 1. The molecule has 1 aromatic carbocycles. The van der Waals surface area contributed by atoms with Crippen molar-refractivity contribution in [1.29, 1.82) is 0 Å². The maximum absolute atomic E-state index is 11.5. The van der Waals surface area contributed by atoms with Gasteiger partial charge in [0, 0.05) is 5.41 Å². The number of hydrogen-bond acceptors (Lipinski definition) is 1. The van der Waals surface area contributed by atoms with Crippen molar-refractivity contribution < 1.29 is 4.79 Å². The zero-order valence-corrected chi connectivity index (χ0v) is 9.64. The van der Waals surface area contributed by atoms with E-state index in [1.165, 1.54) is 11.1 Å². The first-order valence-electron chi connectivity index (χ1n) is 4.94. The molecule has 0 aliphatic rings. The molecule has 0 saturated carbocycles. The van der Waals surface area contributed by atoms with Crippen LogP contribution in [0.3, 0.4) is 0 Å². The fourth-order valence-corrected chi connectivity index (χ4v) is 1.33. The average Bonchev–Trinajstić information content (AvgIpc) is 2.09. The molecule has 14 heavy (non-hydrogen) atoms. The van der Waals surface area contributed by atoms with Gasteiger partial charge in [-0.1, -0.05) is 18.2 Å². The van der Waals surface area contributed by atoms with Gasteiger partial charge >= 0.3 is 0 Å². The van der Waals surface area contributed by atoms with Crippen LogP contribution in [0.5, 0.6) is 0 Å². The molecule has 0 aliphatic heterocycles. The Morgan fingerprint density at radius 2 is 1.71 bits per heavy atom. The van der Waals surface area contributed by atoms with Crippen molar-refractivity contribution in [3.05, 3.63) is 34.9 Å². The molecule has 0 aliphatic carbocycles. The van der Waals surface area contributed by atoms with Crippen LogP contribution in [0.25, 0.3) is 0 Å². The topological polar surface area (TPSA) is 17.1 Å². The van der Waals surface area contributed by atoms with Gasteiger partial charge in [0.05, 0.1) is 0 Å². The zero-order chi connectivity index (χ0) is 10.9. The van der Waals surface area contributed by atoms with Crippen molar-refractivity contribution in [3.8, 4) is 0 Å². The molecule has 1 rings (SSSR count). The smallest absolute Gasteiger partial charge is 0.139 e. The van der Waals surface area contributed by atoms with Crippen molar-refractivity contribution in [1.82, 2.24) is 0 Å².